The fourth-order valence-corrected chi connectivity index (χ4v) is 4.63. The van der Waals surface area contributed by atoms with Gasteiger partial charge in [-0.15, -0.1) is 0 Å². The van der Waals surface area contributed by atoms with Crippen LogP contribution >= 0.6 is 0 Å². The first-order chi connectivity index (χ1) is 27.9. The van der Waals surface area contributed by atoms with Crippen molar-refractivity contribution in [2.75, 3.05) is 105 Å². The molecular weight excluding hydrogens is 762 g/mol. The zero-order valence-electron chi connectivity index (χ0n) is 35.3. The van der Waals surface area contributed by atoms with E-state index < -0.39 is 41.9 Å². The maximum Gasteiger partial charge on any atom is 0.312 e. The second-order valence-corrected chi connectivity index (χ2v) is 12.9. The average molecular weight is 838 g/mol. The molecule has 0 bridgehead atoms. The minimum Gasteiger partial charge on any atom is -0.379 e. The fourth-order valence-electron chi connectivity index (χ4n) is 4.63. The average Bonchev–Trinajstić information content (AvgIpc) is 3.19. The molecular formula is C37H75N9O12. The van der Waals surface area contributed by atoms with Gasteiger partial charge in [-0.3, -0.25) is 24.0 Å². The quantitative estimate of drug-likeness (QED) is 0.0308. The molecule has 7 amide bonds. The second-order valence-electron chi connectivity index (χ2n) is 12.9. The fraction of sp³-hybridized carbons (Fsp3) is 0.838. The highest BCUT2D eigenvalue weighted by Gasteiger charge is 2.27. The number of nitrogens with one attached hydrogen (secondary N) is 5. The van der Waals surface area contributed by atoms with E-state index in [0.29, 0.717) is 85.3 Å². The predicted octanol–water partition coefficient (Wildman–Crippen LogP) is -1.86. The number of nitrogens with two attached hydrogens (primary N) is 4. The van der Waals surface area contributed by atoms with Crippen molar-refractivity contribution in [3.05, 3.63) is 0 Å². The summed E-state index contributed by atoms with van der Waals surface area (Å²) in [5.74, 6) is -2.30. The summed E-state index contributed by atoms with van der Waals surface area (Å²) in [5, 5.41) is 13.1. The van der Waals surface area contributed by atoms with Gasteiger partial charge >= 0.3 is 6.03 Å². The summed E-state index contributed by atoms with van der Waals surface area (Å²) in [4.78, 5) is 71.6. The molecule has 0 aliphatic heterocycles. The van der Waals surface area contributed by atoms with Gasteiger partial charge in [0.25, 0.3) is 0 Å². The minimum absolute atomic E-state index is 0.0127. The Kier molecular flexibility index (Phi) is 39.0. The highest BCUT2D eigenvalue weighted by atomic mass is 16.5. The molecule has 0 spiro atoms. The van der Waals surface area contributed by atoms with Gasteiger partial charge < -0.3 is 77.9 Å². The molecule has 0 aromatic rings. The van der Waals surface area contributed by atoms with Gasteiger partial charge in [-0.25, -0.2) is 4.79 Å². The minimum atomic E-state index is -0.971. The van der Waals surface area contributed by atoms with Crippen molar-refractivity contribution >= 4 is 35.6 Å². The van der Waals surface area contributed by atoms with Crippen molar-refractivity contribution in [3.63, 3.8) is 0 Å². The van der Waals surface area contributed by atoms with E-state index in [1.165, 1.54) is 0 Å². The van der Waals surface area contributed by atoms with Gasteiger partial charge in [0.2, 0.25) is 29.5 Å². The highest BCUT2D eigenvalue weighted by molar-refractivity contribution is 5.91. The largest absolute Gasteiger partial charge is 0.379 e. The molecule has 0 rings (SSSR count). The molecule has 0 heterocycles. The Morgan fingerprint density at radius 3 is 1.50 bits per heavy atom. The maximum atomic E-state index is 12.8. The molecule has 0 aromatic heterocycles. The summed E-state index contributed by atoms with van der Waals surface area (Å²) in [7, 11) is 0. The van der Waals surface area contributed by atoms with Crippen LogP contribution in [0.3, 0.4) is 0 Å². The Hall–Kier alpha value is -3.70. The lowest BCUT2D eigenvalue weighted by Crippen LogP contribution is -2.54. The molecule has 0 radical (unpaired) electrons. The van der Waals surface area contributed by atoms with Crippen LogP contribution in [0.2, 0.25) is 0 Å². The van der Waals surface area contributed by atoms with Crippen LogP contribution in [0.25, 0.3) is 0 Å². The Balaban J connectivity index is 0. The Morgan fingerprint density at radius 2 is 1.02 bits per heavy atom. The Labute approximate surface area is 344 Å². The lowest BCUT2D eigenvalue weighted by molar-refractivity contribution is -0.132. The van der Waals surface area contributed by atoms with E-state index >= 15 is 0 Å². The first-order valence-corrected chi connectivity index (χ1v) is 20.3. The van der Waals surface area contributed by atoms with Crippen molar-refractivity contribution in [2.24, 2.45) is 28.9 Å². The summed E-state index contributed by atoms with van der Waals surface area (Å²) < 4.78 is 32.6. The van der Waals surface area contributed by atoms with Gasteiger partial charge in [0, 0.05) is 32.5 Å². The van der Waals surface area contributed by atoms with Crippen LogP contribution in [0.1, 0.15) is 72.6 Å². The third-order valence-electron chi connectivity index (χ3n) is 7.75. The highest BCUT2D eigenvalue weighted by Crippen LogP contribution is 2.05. The van der Waals surface area contributed by atoms with E-state index in [0.717, 1.165) is 12.8 Å². The summed E-state index contributed by atoms with van der Waals surface area (Å²) >= 11 is 0. The normalized spacial score (nSPS) is 12.4. The molecule has 21 heteroatoms. The Morgan fingerprint density at radius 1 is 0.534 bits per heavy atom. The molecule has 0 fully saturated rings. The number of carbonyl (C=O) groups excluding carboxylic acids is 6. The van der Waals surface area contributed by atoms with Crippen LogP contribution in [0, 0.1) is 5.92 Å². The number of primary amides is 2. The first kappa shape index (κ1) is 56.4. The summed E-state index contributed by atoms with van der Waals surface area (Å²) in [6.45, 7) is 12.7. The Bertz CT molecular complexity index is 1090. The van der Waals surface area contributed by atoms with Gasteiger partial charge in [0.15, 0.2) is 0 Å². The van der Waals surface area contributed by atoms with Crippen molar-refractivity contribution in [1.82, 2.24) is 26.6 Å². The van der Waals surface area contributed by atoms with Crippen LogP contribution in [0.15, 0.2) is 0 Å². The van der Waals surface area contributed by atoms with Gasteiger partial charge in [-0.2, -0.15) is 0 Å². The zero-order valence-corrected chi connectivity index (χ0v) is 35.3. The first-order valence-electron chi connectivity index (χ1n) is 20.3. The molecule has 0 aliphatic rings. The smallest absolute Gasteiger partial charge is 0.312 e. The standard InChI is InChI=1S/C35H69N9O12.C2H6/c1-26(2)31(34(49)43-28(32(38)47)7-5-11-42-35(39)50)44-30(46)9-15-52-19-23-56-24-20-53-16-12-40-29(45)8-14-51-18-22-55-25-21-54-17-13-41-33(48)27(37)6-3-4-10-36;1-2/h26-28,31H,3-25,36-37H2,1-2H3,(H2,38,47)(H,40,45)(H,41,48)(H,43,49)(H,44,46)(H3,39,42,50);1-2H3. The number of hydrogen-bond donors (Lipinski definition) is 9. The van der Waals surface area contributed by atoms with Crippen molar-refractivity contribution in [1.29, 1.82) is 0 Å². The lowest BCUT2D eigenvalue weighted by atomic mass is 10.0. The second kappa shape index (κ2) is 40.1. The monoisotopic (exact) mass is 838 g/mol. The summed E-state index contributed by atoms with van der Waals surface area (Å²) in [6, 6.07) is -3.09. The van der Waals surface area contributed by atoms with Gasteiger partial charge in [-0.1, -0.05) is 34.1 Å². The molecule has 3 unspecified atom stereocenters. The molecule has 21 nitrogen and oxygen atoms in total. The third-order valence-corrected chi connectivity index (χ3v) is 7.75. The van der Waals surface area contributed by atoms with E-state index in [1.54, 1.807) is 13.8 Å². The van der Waals surface area contributed by atoms with E-state index in [-0.39, 0.29) is 70.0 Å². The van der Waals surface area contributed by atoms with Gasteiger partial charge in [-0.05, 0) is 38.1 Å². The number of carbonyl (C=O) groups is 6. The van der Waals surface area contributed by atoms with Crippen LogP contribution in [0.5, 0.6) is 0 Å². The summed E-state index contributed by atoms with van der Waals surface area (Å²) in [6.07, 6.45) is 3.05. The molecule has 3 atom stereocenters. The van der Waals surface area contributed by atoms with Crippen LogP contribution in [-0.2, 0) is 52.4 Å². The van der Waals surface area contributed by atoms with Gasteiger partial charge in [0.1, 0.15) is 12.1 Å². The third kappa shape index (κ3) is 35.5. The van der Waals surface area contributed by atoms with E-state index in [2.05, 4.69) is 26.6 Å². The van der Waals surface area contributed by atoms with E-state index in [1.807, 2.05) is 13.8 Å². The molecule has 58 heavy (non-hydrogen) atoms. The van der Waals surface area contributed by atoms with Crippen LogP contribution < -0.4 is 49.5 Å². The molecule has 0 saturated carbocycles. The summed E-state index contributed by atoms with van der Waals surface area (Å²) in [5.41, 5.74) is 21.7. The lowest BCUT2D eigenvalue weighted by Gasteiger charge is -2.24. The number of rotatable bonds is 38. The number of urea groups is 1. The van der Waals surface area contributed by atoms with Crippen LogP contribution in [0.4, 0.5) is 4.79 Å². The number of unbranched alkanes of at least 4 members (excludes halogenated alkanes) is 1. The number of amides is 7. The SMILES string of the molecule is CC.CC(C)C(NC(=O)CCOCCOCCOCCNC(=O)CCOCCOCCOCCNC(=O)C(N)CCCCN)C(=O)NC(CCCNC(N)=O)C(N)=O. The van der Waals surface area contributed by atoms with Crippen molar-refractivity contribution < 1.29 is 57.2 Å². The molecule has 13 N–H and O–H groups in total. The van der Waals surface area contributed by atoms with Crippen molar-refractivity contribution in [2.45, 2.75) is 90.8 Å². The van der Waals surface area contributed by atoms with E-state index in [9.17, 15) is 28.8 Å². The zero-order chi connectivity index (χ0) is 43.8. The molecule has 340 valence electrons. The van der Waals surface area contributed by atoms with Crippen LogP contribution in [-0.4, -0.2) is 159 Å². The molecule has 0 aromatic carbocycles. The predicted molar refractivity (Wildman–Crippen MR) is 217 cm³/mol. The molecule has 0 aliphatic carbocycles. The topological polar surface area (TPSA) is 322 Å². The van der Waals surface area contributed by atoms with E-state index in [4.69, 9.17) is 51.4 Å². The molecule has 0 saturated heterocycles. The number of ether oxygens (including phenoxy) is 6. The van der Waals surface area contributed by atoms with Gasteiger partial charge in [0.05, 0.1) is 85.3 Å². The maximum absolute atomic E-state index is 12.8. The number of hydrogen-bond acceptors (Lipinski definition) is 14. The van der Waals surface area contributed by atoms with Crippen molar-refractivity contribution in [3.8, 4) is 0 Å².